The van der Waals surface area contributed by atoms with E-state index in [-0.39, 0.29) is 11.1 Å². The molecule has 0 amide bonds. The number of rotatable bonds is 2. The van der Waals surface area contributed by atoms with Crippen LogP contribution in [0, 0.1) is 5.82 Å². The Morgan fingerprint density at radius 3 is 2.44 bits per heavy atom. The van der Waals surface area contributed by atoms with E-state index in [1.54, 1.807) is 0 Å². The number of benzene rings is 1. The highest BCUT2D eigenvalue weighted by Crippen LogP contribution is 2.26. The Morgan fingerprint density at radius 1 is 1.19 bits per heavy atom. The zero-order valence-corrected chi connectivity index (χ0v) is 9.75. The average molecular weight is 242 g/mol. The van der Waals surface area contributed by atoms with Crippen LogP contribution in [0.15, 0.2) is 29.2 Å². The molecule has 2 rings (SSSR count). The predicted molar refractivity (Wildman–Crippen MR) is 61.1 cm³/mol. The molecule has 1 saturated carbocycles. The van der Waals surface area contributed by atoms with Gasteiger partial charge in [-0.3, -0.25) is 4.21 Å². The molecule has 4 heteroatoms. The Bertz CT molecular complexity index is 377. The van der Waals surface area contributed by atoms with Gasteiger partial charge in [-0.15, -0.1) is 0 Å². The highest BCUT2D eigenvalue weighted by molar-refractivity contribution is 7.85. The Morgan fingerprint density at radius 2 is 1.81 bits per heavy atom. The maximum absolute atomic E-state index is 12.7. The molecule has 3 atom stereocenters. The van der Waals surface area contributed by atoms with E-state index in [0.717, 1.165) is 25.7 Å². The van der Waals surface area contributed by atoms with Gasteiger partial charge in [-0.2, -0.15) is 0 Å². The van der Waals surface area contributed by atoms with Gasteiger partial charge in [0.25, 0.3) is 0 Å². The SMILES string of the molecule is O=[S@](c1ccc(F)cc1)[C@H]1CCCC[C@@H]1O. The van der Waals surface area contributed by atoms with Crippen LogP contribution < -0.4 is 0 Å². The maximum Gasteiger partial charge on any atom is 0.123 e. The molecule has 2 nitrogen and oxygen atoms in total. The molecule has 1 aliphatic carbocycles. The second kappa shape index (κ2) is 5.06. The van der Waals surface area contributed by atoms with Gasteiger partial charge < -0.3 is 5.11 Å². The zero-order chi connectivity index (χ0) is 11.5. The van der Waals surface area contributed by atoms with Crippen molar-refractivity contribution in [2.24, 2.45) is 0 Å². The highest BCUT2D eigenvalue weighted by atomic mass is 32.2. The summed E-state index contributed by atoms with van der Waals surface area (Å²) < 4.78 is 24.9. The monoisotopic (exact) mass is 242 g/mol. The van der Waals surface area contributed by atoms with Crippen molar-refractivity contribution in [3.63, 3.8) is 0 Å². The first-order valence-electron chi connectivity index (χ1n) is 5.52. The fourth-order valence-electron chi connectivity index (χ4n) is 2.07. The van der Waals surface area contributed by atoms with Gasteiger partial charge in [0.15, 0.2) is 0 Å². The fraction of sp³-hybridized carbons (Fsp3) is 0.500. The molecule has 1 aromatic rings. The molecule has 1 N–H and O–H groups in total. The molecule has 1 fully saturated rings. The molecule has 88 valence electrons. The zero-order valence-electron chi connectivity index (χ0n) is 8.93. The maximum atomic E-state index is 12.7. The third-order valence-electron chi connectivity index (χ3n) is 2.99. The number of aliphatic hydroxyl groups excluding tert-OH is 1. The van der Waals surface area contributed by atoms with Crippen molar-refractivity contribution in [2.75, 3.05) is 0 Å². The first-order chi connectivity index (χ1) is 7.68. The Labute approximate surface area is 96.9 Å². The first kappa shape index (κ1) is 11.7. The van der Waals surface area contributed by atoms with Crippen LogP contribution in [0.2, 0.25) is 0 Å². The van der Waals surface area contributed by atoms with Crippen molar-refractivity contribution in [1.29, 1.82) is 0 Å². The van der Waals surface area contributed by atoms with Crippen LogP contribution in [0.4, 0.5) is 4.39 Å². The van der Waals surface area contributed by atoms with E-state index in [9.17, 15) is 13.7 Å². The van der Waals surface area contributed by atoms with Crippen LogP contribution in [0.3, 0.4) is 0 Å². The number of aliphatic hydroxyl groups is 1. The molecule has 0 bridgehead atoms. The molecular weight excluding hydrogens is 227 g/mol. The van der Waals surface area contributed by atoms with Crippen molar-refractivity contribution in [2.45, 2.75) is 41.9 Å². The summed E-state index contributed by atoms with van der Waals surface area (Å²) in [7, 11) is -1.22. The van der Waals surface area contributed by atoms with Gasteiger partial charge in [0.1, 0.15) is 5.82 Å². The van der Waals surface area contributed by atoms with Gasteiger partial charge in [0.05, 0.1) is 22.2 Å². The Kier molecular flexibility index (Phi) is 3.71. The minimum absolute atomic E-state index is 0.195. The standard InChI is InChI=1S/C12H15FO2S/c13-9-5-7-10(8-6-9)16(15)12-4-2-1-3-11(12)14/h5-8,11-12,14H,1-4H2/t11-,12-,16+/m0/s1. The summed E-state index contributed by atoms with van der Waals surface area (Å²) in [6, 6.07) is 5.68. The van der Waals surface area contributed by atoms with Gasteiger partial charge in [0, 0.05) is 4.90 Å². The number of hydrogen-bond donors (Lipinski definition) is 1. The average Bonchev–Trinajstić information content (AvgIpc) is 2.30. The minimum Gasteiger partial charge on any atom is -0.392 e. The number of hydrogen-bond acceptors (Lipinski definition) is 2. The molecule has 0 aromatic heterocycles. The van der Waals surface area contributed by atoms with Gasteiger partial charge in [-0.05, 0) is 37.1 Å². The summed E-state index contributed by atoms with van der Waals surface area (Å²) in [5, 5.41) is 9.59. The lowest BCUT2D eigenvalue weighted by atomic mass is 9.97. The lowest BCUT2D eigenvalue weighted by Gasteiger charge is -2.26. The van der Waals surface area contributed by atoms with Crippen LogP contribution in [0.5, 0.6) is 0 Å². The second-order valence-electron chi connectivity index (χ2n) is 4.14. The summed E-state index contributed by atoms with van der Waals surface area (Å²) in [6.07, 6.45) is 3.02. The third kappa shape index (κ3) is 2.50. The Hall–Kier alpha value is -0.740. The molecule has 0 radical (unpaired) electrons. The lowest BCUT2D eigenvalue weighted by Crippen LogP contribution is -2.33. The van der Waals surface area contributed by atoms with Crippen LogP contribution in [-0.2, 0) is 10.8 Å². The predicted octanol–water partition coefficient (Wildman–Crippen LogP) is 2.24. The molecule has 0 spiro atoms. The normalized spacial score (nSPS) is 27.6. The van der Waals surface area contributed by atoms with Crippen molar-refractivity contribution in [3.05, 3.63) is 30.1 Å². The van der Waals surface area contributed by atoms with E-state index in [1.165, 1.54) is 24.3 Å². The van der Waals surface area contributed by atoms with Crippen molar-refractivity contribution in [3.8, 4) is 0 Å². The van der Waals surface area contributed by atoms with Crippen molar-refractivity contribution < 1.29 is 13.7 Å². The lowest BCUT2D eigenvalue weighted by molar-refractivity contribution is 0.135. The van der Waals surface area contributed by atoms with Crippen LogP contribution in [-0.4, -0.2) is 20.7 Å². The first-order valence-corrected chi connectivity index (χ1v) is 6.74. The van der Waals surface area contributed by atoms with Gasteiger partial charge in [-0.1, -0.05) is 12.8 Å². The van der Waals surface area contributed by atoms with Crippen molar-refractivity contribution in [1.82, 2.24) is 0 Å². The van der Waals surface area contributed by atoms with Crippen LogP contribution >= 0.6 is 0 Å². The third-order valence-corrected chi connectivity index (χ3v) is 4.83. The Balaban J connectivity index is 2.14. The summed E-state index contributed by atoms with van der Waals surface area (Å²) in [5.41, 5.74) is 0. The van der Waals surface area contributed by atoms with Crippen LogP contribution in [0.25, 0.3) is 0 Å². The molecular formula is C12H15FO2S. The summed E-state index contributed by atoms with van der Waals surface area (Å²) >= 11 is 0. The summed E-state index contributed by atoms with van der Waals surface area (Å²) in [4.78, 5) is 0.604. The van der Waals surface area contributed by atoms with Gasteiger partial charge in [-0.25, -0.2) is 4.39 Å². The van der Waals surface area contributed by atoms with E-state index in [4.69, 9.17) is 0 Å². The summed E-state index contributed by atoms with van der Waals surface area (Å²) in [6.45, 7) is 0. The van der Waals surface area contributed by atoms with E-state index >= 15 is 0 Å². The largest absolute Gasteiger partial charge is 0.392 e. The molecule has 1 aliphatic rings. The summed E-state index contributed by atoms with van der Waals surface area (Å²) in [5.74, 6) is -0.329. The fourth-order valence-corrected chi connectivity index (χ4v) is 3.63. The van der Waals surface area contributed by atoms with Crippen molar-refractivity contribution >= 4 is 10.8 Å². The molecule has 1 aromatic carbocycles. The van der Waals surface area contributed by atoms with E-state index in [1.807, 2.05) is 0 Å². The van der Waals surface area contributed by atoms with E-state index in [0.29, 0.717) is 4.90 Å². The number of halogens is 1. The van der Waals surface area contributed by atoms with Crippen LogP contribution in [0.1, 0.15) is 25.7 Å². The quantitative estimate of drug-likeness (QED) is 0.863. The highest BCUT2D eigenvalue weighted by Gasteiger charge is 2.28. The van der Waals surface area contributed by atoms with E-state index in [2.05, 4.69) is 0 Å². The molecule has 16 heavy (non-hydrogen) atoms. The minimum atomic E-state index is -1.22. The van der Waals surface area contributed by atoms with E-state index < -0.39 is 16.9 Å². The van der Waals surface area contributed by atoms with Gasteiger partial charge >= 0.3 is 0 Å². The topological polar surface area (TPSA) is 37.3 Å². The molecule has 0 unspecified atom stereocenters. The smallest absolute Gasteiger partial charge is 0.123 e. The second-order valence-corrected chi connectivity index (χ2v) is 5.81. The molecule has 0 heterocycles. The molecule has 0 aliphatic heterocycles. The van der Waals surface area contributed by atoms with Gasteiger partial charge in [0.2, 0.25) is 0 Å². The molecule has 0 saturated heterocycles.